The molecule has 0 aliphatic carbocycles. The molecule has 0 saturated carbocycles. The number of amides is 2. The normalized spacial score (nSPS) is 12.1. The van der Waals surface area contributed by atoms with E-state index < -0.39 is 22.0 Å². The second-order valence-electron chi connectivity index (χ2n) is 8.77. The summed E-state index contributed by atoms with van der Waals surface area (Å²) in [7, 11) is -2.10. The van der Waals surface area contributed by atoms with Crippen LogP contribution in [0.4, 0.5) is 0 Å². The molecule has 0 aliphatic rings. The molecule has 9 heteroatoms. The van der Waals surface area contributed by atoms with Gasteiger partial charge in [-0.05, 0) is 35.7 Å². The lowest BCUT2D eigenvalue weighted by Gasteiger charge is -2.31. The number of ether oxygens (including phenoxy) is 1. The van der Waals surface area contributed by atoms with Crippen molar-refractivity contribution in [1.82, 2.24) is 14.5 Å². The highest BCUT2D eigenvalue weighted by molar-refractivity contribution is 7.88. The van der Waals surface area contributed by atoms with Gasteiger partial charge in [0.1, 0.15) is 11.8 Å². The fourth-order valence-corrected chi connectivity index (χ4v) is 4.49. The van der Waals surface area contributed by atoms with Crippen LogP contribution in [0.15, 0.2) is 84.9 Å². The van der Waals surface area contributed by atoms with Crippen LogP contribution in [0.5, 0.6) is 5.75 Å². The first-order valence-corrected chi connectivity index (χ1v) is 13.8. The minimum atomic E-state index is -3.69. The van der Waals surface area contributed by atoms with E-state index in [0.717, 1.165) is 27.3 Å². The molecule has 3 aromatic rings. The second kappa shape index (κ2) is 13.0. The van der Waals surface area contributed by atoms with Gasteiger partial charge in [-0.1, -0.05) is 72.8 Å². The summed E-state index contributed by atoms with van der Waals surface area (Å²) in [5.41, 5.74) is 2.48. The molecule has 0 heterocycles. The molecule has 1 N–H and O–H groups in total. The third-order valence-electron chi connectivity index (χ3n) is 5.97. The maximum atomic E-state index is 13.5. The quantitative estimate of drug-likeness (QED) is 0.393. The van der Waals surface area contributed by atoms with Crippen molar-refractivity contribution >= 4 is 21.8 Å². The van der Waals surface area contributed by atoms with Gasteiger partial charge in [-0.3, -0.25) is 9.59 Å². The smallest absolute Gasteiger partial charge is 0.242 e. The van der Waals surface area contributed by atoms with E-state index in [9.17, 15) is 18.0 Å². The van der Waals surface area contributed by atoms with Crippen molar-refractivity contribution in [2.24, 2.45) is 0 Å². The monoisotopic (exact) mass is 523 g/mol. The Balaban J connectivity index is 1.77. The van der Waals surface area contributed by atoms with Crippen LogP contribution >= 0.6 is 0 Å². The fourth-order valence-electron chi connectivity index (χ4n) is 3.76. The van der Waals surface area contributed by atoms with Crippen LogP contribution in [0.25, 0.3) is 0 Å². The number of rotatable bonds is 12. The van der Waals surface area contributed by atoms with Crippen molar-refractivity contribution in [3.63, 3.8) is 0 Å². The van der Waals surface area contributed by atoms with E-state index in [2.05, 4.69) is 5.32 Å². The maximum Gasteiger partial charge on any atom is 0.242 e. The highest BCUT2D eigenvalue weighted by atomic mass is 32.2. The lowest BCUT2D eigenvalue weighted by atomic mass is 10.1. The first-order valence-electron chi connectivity index (χ1n) is 11.9. The molecule has 37 heavy (non-hydrogen) atoms. The van der Waals surface area contributed by atoms with Crippen LogP contribution in [-0.2, 0) is 39.2 Å². The van der Waals surface area contributed by atoms with E-state index in [1.54, 1.807) is 26.2 Å². The zero-order valence-electron chi connectivity index (χ0n) is 21.3. The SMILES string of the molecule is COc1ccc(CNC(=O)C(C)N(Cc2ccccc2)C(=O)CN(Cc2ccccc2)S(C)(=O)=O)cc1. The number of sulfonamides is 1. The van der Waals surface area contributed by atoms with Gasteiger partial charge in [0.05, 0.1) is 19.9 Å². The average molecular weight is 524 g/mol. The Morgan fingerprint density at radius 3 is 1.89 bits per heavy atom. The van der Waals surface area contributed by atoms with Crippen molar-refractivity contribution < 1.29 is 22.7 Å². The summed E-state index contributed by atoms with van der Waals surface area (Å²) in [5, 5.41) is 2.88. The van der Waals surface area contributed by atoms with Crippen LogP contribution in [0, 0.1) is 0 Å². The van der Waals surface area contributed by atoms with Crippen LogP contribution in [0.3, 0.4) is 0 Å². The number of benzene rings is 3. The summed E-state index contributed by atoms with van der Waals surface area (Å²) in [6.45, 7) is 1.77. The van der Waals surface area contributed by atoms with E-state index in [1.807, 2.05) is 72.8 Å². The van der Waals surface area contributed by atoms with Gasteiger partial charge < -0.3 is 15.0 Å². The highest BCUT2D eigenvalue weighted by Crippen LogP contribution is 2.15. The minimum absolute atomic E-state index is 0.0582. The van der Waals surface area contributed by atoms with E-state index in [4.69, 9.17) is 4.74 Å². The van der Waals surface area contributed by atoms with Gasteiger partial charge in [-0.15, -0.1) is 0 Å². The molecule has 3 rings (SSSR count). The standard InChI is InChI=1S/C28H33N3O5S/c1-22(28(33)29-18-23-14-16-26(36-2)17-15-23)31(20-25-12-8-5-9-13-25)27(32)21-30(37(3,34)35)19-24-10-6-4-7-11-24/h4-17,22H,18-21H2,1-3H3,(H,29,33). The summed E-state index contributed by atoms with van der Waals surface area (Å²) < 4.78 is 31.3. The Bertz CT molecular complexity index is 1270. The molecule has 2 amide bonds. The third kappa shape index (κ3) is 8.44. The van der Waals surface area contributed by atoms with Crippen molar-refractivity contribution in [2.45, 2.75) is 32.6 Å². The number of carbonyl (C=O) groups excluding carboxylic acids is 2. The molecule has 0 radical (unpaired) electrons. The van der Waals surface area contributed by atoms with E-state index in [1.165, 1.54) is 4.90 Å². The summed E-state index contributed by atoms with van der Waals surface area (Å²) >= 11 is 0. The van der Waals surface area contributed by atoms with Gasteiger partial charge in [-0.25, -0.2) is 8.42 Å². The third-order valence-corrected chi connectivity index (χ3v) is 7.17. The summed E-state index contributed by atoms with van der Waals surface area (Å²) in [5.74, 6) is -0.0830. The fraction of sp³-hybridized carbons (Fsp3) is 0.286. The lowest BCUT2D eigenvalue weighted by Crippen LogP contribution is -2.50. The number of nitrogens with one attached hydrogen (secondary N) is 1. The molecule has 1 atom stereocenters. The highest BCUT2D eigenvalue weighted by Gasteiger charge is 2.29. The second-order valence-corrected chi connectivity index (χ2v) is 10.7. The van der Waals surface area contributed by atoms with Crippen molar-refractivity contribution in [3.05, 3.63) is 102 Å². The van der Waals surface area contributed by atoms with Gasteiger partial charge in [0.15, 0.2) is 0 Å². The Labute approximate surface area is 218 Å². The Morgan fingerprint density at radius 1 is 0.838 bits per heavy atom. The van der Waals surface area contributed by atoms with Gasteiger partial charge in [0.2, 0.25) is 21.8 Å². The van der Waals surface area contributed by atoms with Crippen molar-refractivity contribution in [1.29, 1.82) is 0 Å². The average Bonchev–Trinajstić information content (AvgIpc) is 2.90. The topological polar surface area (TPSA) is 96.0 Å². The molecule has 0 aromatic heterocycles. The number of carbonyl (C=O) groups is 2. The van der Waals surface area contributed by atoms with Crippen molar-refractivity contribution in [3.8, 4) is 5.75 Å². The van der Waals surface area contributed by atoms with Gasteiger partial charge in [0, 0.05) is 19.6 Å². The largest absolute Gasteiger partial charge is 0.497 e. The summed E-state index contributed by atoms with van der Waals surface area (Å²) in [4.78, 5) is 28.0. The number of nitrogens with zero attached hydrogens (tertiary/aromatic N) is 2. The molecule has 0 aliphatic heterocycles. The Kier molecular flexibility index (Phi) is 9.82. The van der Waals surface area contributed by atoms with E-state index in [-0.39, 0.29) is 32.1 Å². The summed E-state index contributed by atoms with van der Waals surface area (Å²) in [6, 6.07) is 24.9. The Hall–Kier alpha value is -3.69. The predicted molar refractivity (Wildman–Crippen MR) is 143 cm³/mol. The van der Waals surface area contributed by atoms with Crippen LogP contribution in [-0.4, -0.2) is 55.4 Å². The van der Waals surface area contributed by atoms with Crippen LogP contribution in [0.2, 0.25) is 0 Å². The first-order chi connectivity index (χ1) is 17.7. The number of methoxy groups -OCH3 is 1. The number of hydrogen-bond donors (Lipinski definition) is 1. The minimum Gasteiger partial charge on any atom is -0.497 e. The molecule has 8 nitrogen and oxygen atoms in total. The Morgan fingerprint density at radius 2 is 1.38 bits per heavy atom. The molecule has 196 valence electrons. The van der Waals surface area contributed by atoms with Crippen molar-refractivity contribution in [2.75, 3.05) is 19.9 Å². The van der Waals surface area contributed by atoms with E-state index >= 15 is 0 Å². The predicted octanol–water partition coefficient (Wildman–Crippen LogP) is 3.19. The molecular formula is C28H33N3O5S. The zero-order chi connectivity index (χ0) is 26.8. The first kappa shape index (κ1) is 27.9. The summed E-state index contributed by atoms with van der Waals surface area (Å²) in [6.07, 6.45) is 1.08. The van der Waals surface area contributed by atoms with E-state index in [0.29, 0.717) is 5.75 Å². The number of hydrogen-bond acceptors (Lipinski definition) is 5. The van der Waals surface area contributed by atoms with Gasteiger partial charge in [-0.2, -0.15) is 4.31 Å². The van der Waals surface area contributed by atoms with Gasteiger partial charge in [0.25, 0.3) is 0 Å². The molecule has 0 fully saturated rings. The zero-order valence-corrected chi connectivity index (χ0v) is 22.1. The molecule has 0 spiro atoms. The lowest BCUT2D eigenvalue weighted by molar-refractivity contribution is -0.140. The molecule has 0 saturated heterocycles. The molecule has 3 aromatic carbocycles. The van der Waals surface area contributed by atoms with Crippen LogP contribution < -0.4 is 10.1 Å². The van der Waals surface area contributed by atoms with Gasteiger partial charge >= 0.3 is 0 Å². The molecule has 0 bridgehead atoms. The molecule has 1 unspecified atom stereocenters. The molecular weight excluding hydrogens is 490 g/mol. The maximum absolute atomic E-state index is 13.5. The van der Waals surface area contributed by atoms with Crippen LogP contribution in [0.1, 0.15) is 23.6 Å².